The second-order valence-electron chi connectivity index (χ2n) is 6.19. The molecule has 0 unspecified atom stereocenters. The SMILES string of the molecule is CCCSC1=NN2C(=c3ccccc3=N[C@H]2c2ccc(SC)cc2)C(=O)N1. The number of hydrogen-bond donors (Lipinski definition) is 1. The molecule has 2 heterocycles. The lowest BCUT2D eigenvalue weighted by atomic mass is 10.1. The summed E-state index contributed by atoms with van der Waals surface area (Å²) in [5, 5.41) is 11.7. The highest BCUT2D eigenvalue weighted by molar-refractivity contribution is 8.13. The molecule has 0 spiro atoms. The third-order valence-corrected chi connectivity index (χ3v) is 6.19. The van der Waals surface area contributed by atoms with Gasteiger partial charge >= 0.3 is 0 Å². The van der Waals surface area contributed by atoms with Crippen molar-refractivity contribution < 1.29 is 4.79 Å². The van der Waals surface area contributed by atoms with Gasteiger partial charge in [0.15, 0.2) is 11.3 Å². The number of thioether (sulfide) groups is 2. The fraction of sp³-hybridized carbons (Fsp3) is 0.250. The number of nitrogens with one attached hydrogen (secondary N) is 1. The minimum Gasteiger partial charge on any atom is -0.298 e. The monoisotopic (exact) mass is 396 g/mol. The molecule has 2 aromatic rings. The normalized spacial score (nSPS) is 18.2. The zero-order valence-corrected chi connectivity index (χ0v) is 16.8. The Balaban J connectivity index is 1.86. The lowest BCUT2D eigenvalue weighted by molar-refractivity contribution is -0.116. The number of carbonyl (C=O) groups is 1. The van der Waals surface area contributed by atoms with Crippen molar-refractivity contribution >= 4 is 40.3 Å². The average molecular weight is 397 g/mol. The molecule has 0 bridgehead atoms. The van der Waals surface area contributed by atoms with Crippen LogP contribution in [-0.4, -0.2) is 28.1 Å². The van der Waals surface area contributed by atoms with E-state index in [1.54, 1.807) is 28.5 Å². The molecule has 0 radical (unpaired) electrons. The lowest BCUT2D eigenvalue weighted by Gasteiger charge is -2.34. The van der Waals surface area contributed by atoms with Crippen molar-refractivity contribution in [2.24, 2.45) is 10.1 Å². The highest BCUT2D eigenvalue weighted by Crippen LogP contribution is 2.31. The predicted octanol–water partition coefficient (Wildman–Crippen LogP) is 2.69. The Kier molecular flexibility index (Phi) is 5.22. The molecule has 1 amide bonds. The molecular formula is C20H20N4OS2. The van der Waals surface area contributed by atoms with Gasteiger partial charge in [-0.25, -0.2) is 5.01 Å². The van der Waals surface area contributed by atoms with Crippen LogP contribution in [0.25, 0.3) is 5.70 Å². The minimum absolute atomic E-state index is 0.128. The summed E-state index contributed by atoms with van der Waals surface area (Å²) in [5.74, 6) is 0.778. The number of hydrazone groups is 1. The van der Waals surface area contributed by atoms with E-state index in [4.69, 9.17) is 10.1 Å². The van der Waals surface area contributed by atoms with Gasteiger partial charge in [0.05, 0.1) is 5.36 Å². The molecule has 5 nitrogen and oxygen atoms in total. The quantitative estimate of drug-likeness (QED) is 0.808. The van der Waals surface area contributed by atoms with Crippen LogP contribution in [0.1, 0.15) is 25.1 Å². The van der Waals surface area contributed by atoms with Crippen molar-refractivity contribution in [1.82, 2.24) is 10.3 Å². The van der Waals surface area contributed by atoms with Crippen molar-refractivity contribution in [2.75, 3.05) is 12.0 Å². The van der Waals surface area contributed by atoms with Crippen LogP contribution in [-0.2, 0) is 4.79 Å². The second kappa shape index (κ2) is 7.78. The average Bonchev–Trinajstić information content (AvgIpc) is 2.71. The molecular weight excluding hydrogens is 376 g/mol. The van der Waals surface area contributed by atoms with Crippen molar-refractivity contribution in [3.63, 3.8) is 0 Å². The molecule has 0 aromatic heterocycles. The summed E-state index contributed by atoms with van der Waals surface area (Å²) >= 11 is 3.26. The van der Waals surface area contributed by atoms with Crippen LogP contribution in [0.3, 0.4) is 0 Å². The predicted molar refractivity (Wildman–Crippen MR) is 112 cm³/mol. The van der Waals surface area contributed by atoms with E-state index in [9.17, 15) is 4.79 Å². The number of amidine groups is 1. The van der Waals surface area contributed by atoms with E-state index in [2.05, 4.69) is 42.8 Å². The molecule has 7 heteroatoms. The Morgan fingerprint density at radius 3 is 2.67 bits per heavy atom. The minimum atomic E-state index is -0.353. The van der Waals surface area contributed by atoms with E-state index in [1.807, 2.05) is 24.3 Å². The van der Waals surface area contributed by atoms with Gasteiger partial charge in [-0.15, -0.1) is 16.9 Å². The summed E-state index contributed by atoms with van der Waals surface area (Å²) in [6.07, 6.45) is 2.72. The second-order valence-corrected chi connectivity index (χ2v) is 8.16. The van der Waals surface area contributed by atoms with Gasteiger partial charge in [-0.05, 0) is 36.4 Å². The molecule has 0 saturated carbocycles. The van der Waals surface area contributed by atoms with Gasteiger partial charge in [0.2, 0.25) is 0 Å². The highest BCUT2D eigenvalue weighted by atomic mass is 32.2. The number of benzene rings is 2. The van der Waals surface area contributed by atoms with Gasteiger partial charge in [-0.1, -0.05) is 49.0 Å². The Hall–Kier alpha value is -2.25. The fourth-order valence-electron chi connectivity index (χ4n) is 3.08. The maximum Gasteiger partial charge on any atom is 0.276 e. The maximum absolute atomic E-state index is 12.9. The molecule has 4 rings (SSSR count). The standard InChI is InChI=1S/C20H20N4OS2/c1-3-12-27-20-22-19(25)17-15-6-4-5-7-16(15)21-18(24(17)23-20)13-8-10-14(26-2)11-9-13/h4-11,18H,3,12H2,1-2H3,(H,22,23,25)/t18-/m1/s1. The molecule has 1 atom stereocenters. The largest absolute Gasteiger partial charge is 0.298 e. The molecule has 2 aliphatic rings. The summed E-state index contributed by atoms with van der Waals surface area (Å²) in [4.78, 5) is 19.0. The molecule has 27 heavy (non-hydrogen) atoms. The lowest BCUT2D eigenvalue weighted by Crippen LogP contribution is -2.50. The fourth-order valence-corrected chi connectivity index (χ4v) is 4.20. The first-order chi connectivity index (χ1) is 13.2. The number of fused-ring (bicyclic) bond motifs is 2. The summed E-state index contributed by atoms with van der Waals surface area (Å²) in [6, 6.07) is 16.0. The molecule has 0 fully saturated rings. The van der Waals surface area contributed by atoms with E-state index in [0.717, 1.165) is 28.3 Å². The van der Waals surface area contributed by atoms with E-state index in [-0.39, 0.29) is 12.1 Å². The summed E-state index contributed by atoms with van der Waals surface area (Å²) in [5.41, 5.74) is 1.57. The third kappa shape index (κ3) is 3.49. The first-order valence-electron chi connectivity index (χ1n) is 8.84. The smallest absolute Gasteiger partial charge is 0.276 e. The first-order valence-corrected chi connectivity index (χ1v) is 11.1. The van der Waals surface area contributed by atoms with Crippen LogP contribution >= 0.6 is 23.5 Å². The van der Waals surface area contributed by atoms with Crippen LogP contribution in [0.5, 0.6) is 0 Å². The van der Waals surface area contributed by atoms with Gasteiger partial charge in [0.25, 0.3) is 5.91 Å². The molecule has 0 saturated heterocycles. The van der Waals surface area contributed by atoms with Gasteiger partial charge in [0.1, 0.15) is 5.70 Å². The number of rotatable bonds is 4. The van der Waals surface area contributed by atoms with Crippen LogP contribution < -0.4 is 15.9 Å². The van der Waals surface area contributed by atoms with Crippen LogP contribution in [0, 0.1) is 0 Å². The summed E-state index contributed by atoms with van der Waals surface area (Å²) in [6.45, 7) is 2.11. The van der Waals surface area contributed by atoms with Crippen LogP contribution in [0.4, 0.5) is 0 Å². The van der Waals surface area contributed by atoms with E-state index >= 15 is 0 Å². The van der Waals surface area contributed by atoms with Crippen LogP contribution in [0.15, 0.2) is 63.5 Å². The molecule has 2 aliphatic heterocycles. The van der Waals surface area contributed by atoms with Crippen molar-refractivity contribution in [2.45, 2.75) is 24.4 Å². The molecule has 0 aliphatic carbocycles. The van der Waals surface area contributed by atoms with Crippen molar-refractivity contribution in [1.29, 1.82) is 0 Å². The Bertz CT molecular complexity index is 1020. The number of para-hydroxylation sites is 1. The topological polar surface area (TPSA) is 57.1 Å². The first kappa shape index (κ1) is 18.1. The van der Waals surface area contributed by atoms with E-state index < -0.39 is 0 Å². The number of carbonyl (C=O) groups excluding carboxylic acids is 1. The van der Waals surface area contributed by atoms with E-state index in [1.165, 1.54) is 4.90 Å². The molecule has 1 N–H and O–H groups in total. The van der Waals surface area contributed by atoms with Gasteiger partial charge in [0, 0.05) is 15.9 Å². The number of nitrogens with zero attached hydrogens (tertiary/aromatic N) is 3. The Morgan fingerprint density at radius 2 is 1.93 bits per heavy atom. The van der Waals surface area contributed by atoms with E-state index in [0.29, 0.717) is 10.9 Å². The Labute approximate surface area is 166 Å². The van der Waals surface area contributed by atoms with Gasteiger partial charge in [-0.3, -0.25) is 15.1 Å². The zero-order chi connectivity index (χ0) is 18.8. The van der Waals surface area contributed by atoms with Crippen LogP contribution in [0.2, 0.25) is 0 Å². The van der Waals surface area contributed by atoms with Gasteiger partial charge < -0.3 is 0 Å². The third-order valence-electron chi connectivity index (χ3n) is 4.37. The molecule has 138 valence electrons. The summed E-state index contributed by atoms with van der Waals surface area (Å²) < 4.78 is 0. The number of hydrogen-bond acceptors (Lipinski definition) is 6. The van der Waals surface area contributed by atoms with Crippen molar-refractivity contribution in [3.8, 4) is 0 Å². The highest BCUT2D eigenvalue weighted by Gasteiger charge is 2.34. The molecule has 2 aromatic carbocycles. The number of amides is 1. The maximum atomic E-state index is 12.9. The zero-order valence-electron chi connectivity index (χ0n) is 15.2. The Morgan fingerprint density at radius 1 is 1.15 bits per heavy atom. The van der Waals surface area contributed by atoms with Gasteiger partial charge in [-0.2, -0.15) is 0 Å². The summed E-state index contributed by atoms with van der Waals surface area (Å²) in [7, 11) is 0. The van der Waals surface area contributed by atoms with Crippen molar-refractivity contribution in [3.05, 3.63) is 64.7 Å².